The largest absolute Gasteiger partial charge is 0.423 e. The Morgan fingerprint density at radius 1 is 1.35 bits per heavy atom. The third-order valence-corrected chi connectivity index (χ3v) is 4.79. The Morgan fingerprint density at radius 2 is 2.20 bits per heavy atom. The van der Waals surface area contributed by atoms with E-state index in [-0.39, 0.29) is 12.0 Å². The fourth-order valence-electron chi connectivity index (χ4n) is 2.55. The lowest BCUT2D eigenvalue weighted by molar-refractivity contribution is 0.372. The normalized spacial score (nSPS) is 19.0. The highest BCUT2D eigenvalue weighted by Crippen LogP contribution is 2.42. The number of hydrogen-bond acceptors (Lipinski definition) is 5. The Bertz CT molecular complexity index is 584. The van der Waals surface area contributed by atoms with E-state index < -0.39 is 0 Å². The molecule has 1 aliphatic heterocycles. The smallest absolute Gasteiger partial charge is 0.233 e. The summed E-state index contributed by atoms with van der Waals surface area (Å²) in [5, 5.41) is 11.9. The summed E-state index contributed by atoms with van der Waals surface area (Å²) >= 11 is 1.86. The molecule has 4 nitrogen and oxygen atoms in total. The van der Waals surface area contributed by atoms with E-state index in [0.717, 1.165) is 24.6 Å². The zero-order valence-electron chi connectivity index (χ0n) is 11.8. The first kappa shape index (κ1) is 13.6. The predicted molar refractivity (Wildman–Crippen MR) is 80.0 cm³/mol. The summed E-state index contributed by atoms with van der Waals surface area (Å²) in [6.45, 7) is 5.11. The van der Waals surface area contributed by atoms with Crippen LogP contribution in [0.4, 0.5) is 0 Å². The highest BCUT2D eigenvalue weighted by molar-refractivity contribution is 7.99. The van der Waals surface area contributed by atoms with Crippen molar-refractivity contribution in [3.05, 3.63) is 41.6 Å². The molecular formula is C15H19N3OS. The van der Waals surface area contributed by atoms with E-state index in [0.29, 0.717) is 5.89 Å². The van der Waals surface area contributed by atoms with Crippen LogP contribution in [0.15, 0.2) is 33.6 Å². The number of fused-ring (bicyclic) bond motifs is 1. The minimum absolute atomic E-state index is 0.158. The summed E-state index contributed by atoms with van der Waals surface area (Å²) in [5.74, 6) is 2.67. The average molecular weight is 289 g/mol. The van der Waals surface area contributed by atoms with E-state index in [4.69, 9.17) is 4.42 Å². The molecule has 0 saturated heterocycles. The van der Waals surface area contributed by atoms with Gasteiger partial charge in [-0.3, -0.25) is 0 Å². The van der Waals surface area contributed by atoms with Gasteiger partial charge in [-0.1, -0.05) is 32.0 Å². The molecule has 106 valence electrons. The van der Waals surface area contributed by atoms with Crippen molar-refractivity contribution >= 4 is 11.8 Å². The van der Waals surface area contributed by atoms with Crippen molar-refractivity contribution in [2.75, 3.05) is 12.3 Å². The second-order valence-electron chi connectivity index (χ2n) is 4.90. The lowest BCUT2D eigenvalue weighted by atomic mass is 10.0. The molecule has 1 aliphatic rings. The van der Waals surface area contributed by atoms with Gasteiger partial charge in [0.25, 0.3) is 0 Å². The monoisotopic (exact) mass is 289 g/mol. The molecule has 0 radical (unpaired) electrons. The summed E-state index contributed by atoms with van der Waals surface area (Å²) in [6.07, 6.45) is 0.950. The van der Waals surface area contributed by atoms with Crippen molar-refractivity contribution in [2.45, 2.75) is 37.1 Å². The second-order valence-corrected chi connectivity index (χ2v) is 5.96. The number of aromatic nitrogens is 2. The quantitative estimate of drug-likeness (QED) is 0.914. The Kier molecular flexibility index (Phi) is 4.08. The standard InChI is InChI=1S/C15H19N3OS/c1-3-12(16-4-2)15-18-17-14(19-15)11-9-20-13-8-6-5-7-10(11)13/h5-8,11-12,16H,3-4,9H2,1-2H3. The minimum atomic E-state index is 0.158. The average Bonchev–Trinajstić information content (AvgIpc) is 3.11. The maximum atomic E-state index is 5.93. The molecule has 2 unspecified atom stereocenters. The molecule has 0 spiro atoms. The number of hydrogen-bond donors (Lipinski definition) is 1. The van der Waals surface area contributed by atoms with Crippen LogP contribution in [0.2, 0.25) is 0 Å². The van der Waals surface area contributed by atoms with E-state index in [1.165, 1.54) is 10.5 Å². The van der Waals surface area contributed by atoms with Gasteiger partial charge >= 0.3 is 0 Å². The van der Waals surface area contributed by atoms with Crippen molar-refractivity contribution in [3.63, 3.8) is 0 Å². The van der Waals surface area contributed by atoms with Crippen LogP contribution in [0.25, 0.3) is 0 Å². The van der Waals surface area contributed by atoms with Crippen molar-refractivity contribution in [3.8, 4) is 0 Å². The van der Waals surface area contributed by atoms with Gasteiger partial charge in [-0.2, -0.15) is 0 Å². The molecule has 2 heterocycles. The van der Waals surface area contributed by atoms with Crippen LogP contribution in [0, 0.1) is 0 Å². The summed E-state index contributed by atoms with van der Waals surface area (Å²) in [7, 11) is 0. The van der Waals surface area contributed by atoms with Crippen molar-refractivity contribution in [1.82, 2.24) is 15.5 Å². The molecule has 2 aromatic rings. The lowest BCUT2D eigenvalue weighted by Gasteiger charge is -2.10. The van der Waals surface area contributed by atoms with Gasteiger partial charge in [0, 0.05) is 10.6 Å². The van der Waals surface area contributed by atoms with E-state index in [1.807, 2.05) is 11.8 Å². The highest BCUT2D eigenvalue weighted by Gasteiger charge is 2.29. The number of thioether (sulfide) groups is 1. The highest BCUT2D eigenvalue weighted by atomic mass is 32.2. The SMILES string of the molecule is CCNC(CC)c1nnc(C2CSc3ccccc32)o1. The van der Waals surface area contributed by atoms with Crippen molar-refractivity contribution < 1.29 is 4.42 Å². The molecule has 0 bridgehead atoms. The van der Waals surface area contributed by atoms with Crippen molar-refractivity contribution in [1.29, 1.82) is 0 Å². The Morgan fingerprint density at radius 3 is 3.00 bits per heavy atom. The second kappa shape index (κ2) is 5.97. The molecule has 2 atom stereocenters. The fourth-order valence-corrected chi connectivity index (χ4v) is 3.77. The summed E-state index contributed by atoms with van der Waals surface area (Å²) < 4.78 is 5.93. The zero-order valence-corrected chi connectivity index (χ0v) is 12.6. The predicted octanol–water partition coefficient (Wildman–Crippen LogP) is 3.37. The number of nitrogens with zero attached hydrogens (tertiary/aromatic N) is 2. The van der Waals surface area contributed by atoms with E-state index >= 15 is 0 Å². The molecule has 1 aromatic heterocycles. The lowest BCUT2D eigenvalue weighted by Crippen LogP contribution is -2.20. The van der Waals surface area contributed by atoms with E-state index in [1.54, 1.807) is 0 Å². The number of benzene rings is 1. The molecule has 20 heavy (non-hydrogen) atoms. The van der Waals surface area contributed by atoms with Crippen LogP contribution < -0.4 is 5.32 Å². The maximum Gasteiger partial charge on any atom is 0.233 e. The first-order chi connectivity index (χ1) is 9.83. The zero-order chi connectivity index (χ0) is 13.9. The minimum Gasteiger partial charge on any atom is -0.423 e. The molecule has 0 fully saturated rings. The van der Waals surface area contributed by atoms with E-state index in [2.05, 4.69) is 53.6 Å². The topological polar surface area (TPSA) is 51.0 Å². The molecule has 1 aromatic carbocycles. The molecule has 1 N–H and O–H groups in total. The van der Waals surface area contributed by atoms with Crippen LogP contribution in [0.3, 0.4) is 0 Å². The van der Waals surface area contributed by atoms with Crippen LogP contribution in [0.1, 0.15) is 49.6 Å². The van der Waals surface area contributed by atoms with Gasteiger partial charge in [0.1, 0.15) is 0 Å². The van der Waals surface area contributed by atoms with Crippen molar-refractivity contribution in [2.24, 2.45) is 0 Å². The first-order valence-electron chi connectivity index (χ1n) is 7.11. The van der Waals surface area contributed by atoms with Gasteiger partial charge in [-0.05, 0) is 24.6 Å². The van der Waals surface area contributed by atoms with Crippen LogP contribution in [-0.2, 0) is 0 Å². The summed E-state index contributed by atoms with van der Waals surface area (Å²) in [5.41, 5.74) is 1.31. The maximum absolute atomic E-state index is 5.93. The molecule has 3 rings (SSSR count). The van der Waals surface area contributed by atoms with Gasteiger partial charge in [-0.25, -0.2) is 0 Å². The molecule has 0 saturated carbocycles. The Balaban J connectivity index is 1.84. The number of rotatable bonds is 5. The van der Waals surface area contributed by atoms with Crippen LogP contribution in [0.5, 0.6) is 0 Å². The van der Waals surface area contributed by atoms with Gasteiger partial charge in [0.05, 0.1) is 12.0 Å². The van der Waals surface area contributed by atoms with Gasteiger partial charge in [0.15, 0.2) is 0 Å². The third-order valence-electron chi connectivity index (χ3n) is 3.61. The van der Waals surface area contributed by atoms with Crippen LogP contribution >= 0.6 is 11.8 Å². The summed E-state index contributed by atoms with van der Waals surface area (Å²) in [6, 6.07) is 8.62. The third kappa shape index (κ3) is 2.47. The Hall–Kier alpha value is -1.33. The van der Waals surface area contributed by atoms with Gasteiger partial charge in [0.2, 0.25) is 11.8 Å². The summed E-state index contributed by atoms with van der Waals surface area (Å²) in [4.78, 5) is 1.33. The molecule has 5 heteroatoms. The fraction of sp³-hybridized carbons (Fsp3) is 0.467. The Labute approximate surface area is 123 Å². The van der Waals surface area contributed by atoms with E-state index in [9.17, 15) is 0 Å². The molecule has 0 amide bonds. The van der Waals surface area contributed by atoms with Gasteiger partial charge < -0.3 is 9.73 Å². The van der Waals surface area contributed by atoms with Gasteiger partial charge in [-0.15, -0.1) is 22.0 Å². The number of nitrogens with one attached hydrogen (secondary N) is 1. The van der Waals surface area contributed by atoms with Crippen LogP contribution in [-0.4, -0.2) is 22.5 Å². The first-order valence-corrected chi connectivity index (χ1v) is 8.10. The molecule has 0 aliphatic carbocycles. The molecular weight excluding hydrogens is 270 g/mol.